The van der Waals surface area contributed by atoms with Gasteiger partial charge in [-0.1, -0.05) is 30.3 Å². The number of benzene rings is 1. The average Bonchev–Trinajstić information content (AvgIpc) is 2.90. The first-order chi connectivity index (χ1) is 11.5. The van der Waals surface area contributed by atoms with Crippen molar-refractivity contribution < 1.29 is 23.9 Å². The van der Waals surface area contributed by atoms with E-state index in [0.717, 1.165) is 5.56 Å². The molecule has 0 N–H and O–H groups in total. The van der Waals surface area contributed by atoms with E-state index in [1.54, 1.807) is 11.8 Å². The minimum absolute atomic E-state index is 0.0252. The fourth-order valence-electron chi connectivity index (χ4n) is 3.13. The molecule has 0 saturated carbocycles. The molecule has 1 saturated heterocycles. The van der Waals surface area contributed by atoms with Gasteiger partial charge in [-0.05, 0) is 19.4 Å². The monoisotopic (exact) mass is 333 g/mol. The quantitative estimate of drug-likeness (QED) is 0.588. The van der Waals surface area contributed by atoms with E-state index in [9.17, 15) is 14.4 Å². The third-order valence-corrected chi connectivity index (χ3v) is 4.39. The number of methoxy groups -OCH3 is 1. The second kappa shape index (κ2) is 7.95. The van der Waals surface area contributed by atoms with Gasteiger partial charge in [0.1, 0.15) is 5.92 Å². The van der Waals surface area contributed by atoms with Crippen molar-refractivity contribution in [2.45, 2.75) is 26.3 Å². The van der Waals surface area contributed by atoms with Gasteiger partial charge in [0, 0.05) is 12.5 Å². The van der Waals surface area contributed by atoms with Crippen molar-refractivity contribution in [3.8, 4) is 0 Å². The van der Waals surface area contributed by atoms with Crippen molar-refractivity contribution >= 4 is 17.8 Å². The van der Waals surface area contributed by atoms with Gasteiger partial charge >= 0.3 is 11.9 Å². The van der Waals surface area contributed by atoms with E-state index < -0.39 is 23.8 Å². The second-order valence-corrected chi connectivity index (χ2v) is 5.85. The van der Waals surface area contributed by atoms with E-state index in [0.29, 0.717) is 6.54 Å². The Hall–Kier alpha value is -2.37. The van der Waals surface area contributed by atoms with E-state index in [2.05, 4.69) is 0 Å². The van der Waals surface area contributed by atoms with E-state index in [1.165, 1.54) is 7.11 Å². The lowest BCUT2D eigenvalue weighted by Gasteiger charge is -2.25. The zero-order chi connectivity index (χ0) is 17.7. The number of nitrogens with zero attached hydrogens (tertiary/aromatic N) is 1. The fraction of sp³-hybridized carbons (Fsp3) is 0.500. The molecule has 0 unspecified atom stereocenters. The molecular weight excluding hydrogens is 310 g/mol. The Morgan fingerprint density at radius 2 is 1.96 bits per heavy atom. The summed E-state index contributed by atoms with van der Waals surface area (Å²) in [7, 11) is 1.25. The van der Waals surface area contributed by atoms with Gasteiger partial charge in [-0.3, -0.25) is 14.4 Å². The molecule has 1 heterocycles. The highest BCUT2D eigenvalue weighted by molar-refractivity contribution is 6.00. The molecule has 1 aromatic rings. The molecule has 1 fully saturated rings. The summed E-state index contributed by atoms with van der Waals surface area (Å²) < 4.78 is 9.73. The zero-order valence-corrected chi connectivity index (χ0v) is 14.2. The summed E-state index contributed by atoms with van der Waals surface area (Å²) in [5.41, 5.74) is 0.978. The first-order valence-corrected chi connectivity index (χ1v) is 8.08. The standard InChI is InChI=1S/C18H23NO5/c1-4-24-15(20)10-14-11-19(17(21)16(14)18(22)23-3)12(2)13-8-6-5-7-9-13/h5-9,12,14,16H,4,10-11H2,1-3H3/t12-,14+,16+/m0/s1. The predicted molar refractivity (Wildman–Crippen MR) is 86.8 cm³/mol. The molecule has 6 nitrogen and oxygen atoms in total. The number of likely N-dealkylation sites (tertiary alicyclic amines) is 1. The van der Waals surface area contributed by atoms with E-state index in [-0.39, 0.29) is 25.0 Å². The Morgan fingerprint density at radius 1 is 1.29 bits per heavy atom. The molecule has 1 aliphatic rings. The van der Waals surface area contributed by atoms with Crippen LogP contribution >= 0.6 is 0 Å². The van der Waals surface area contributed by atoms with Gasteiger partial charge < -0.3 is 14.4 Å². The molecule has 24 heavy (non-hydrogen) atoms. The van der Waals surface area contributed by atoms with Crippen LogP contribution in [0.2, 0.25) is 0 Å². The summed E-state index contributed by atoms with van der Waals surface area (Å²) >= 11 is 0. The molecule has 1 aliphatic heterocycles. The van der Waals surface area contributed by atoms with Gasteiger partial charge in [-0.25, -0.2) is 0 Å². The molecule has 0 aliphatic carbocycles. The maximum absolute atomic E-state index is 12.7. The topological polar surface area (TPSA) is 72.9 Å². The lowest BCUT2D eigenvalue weighted by molar-refractivity contribution is -0.152. The van der Waals surface area contributed by atoms with Crippen LogP contribution in [-0.4, -0.2) is 43.0 Å². The Morgan fingerprint density at radius 3 is 2.54 bits per heavy atom. The highest BCUT2D eigenvalue weighted by Crippen LogP contribution is 2.34. The minimum atomic E-state index is -0.953. The van der Waals surface area contributed by atoms with E-state index >= 15 is 0 Å². The van der Waals surface area contributed by atoms with Gasteiger partial charge in [0.2, 0.25) is 5.91 Å². The minimum Gasteiger partial charge on any atom is -0.468 e. The summed E-state index contributed by atoms with van der Waals surface area (Å²) in [5, 5.41) is 0. The largest absolute Gasteiger partial charge is 0.468 e. The lowest BCUT2D eigenvalue weighted by Crippen LogP contribution is -2.33. The molecular formula is C18H23NO5. The van der Waals surface area contributed by atoms with Crippen LogP contribution in [0.5, 0.6) is 0 Å². The van der Waals surface area contributed by atoms with E-state index in [4.69, 9.17) is 9.47 Å². The molecule has 0 spiro atoms. The highest BCUT2D eigenvalue weighted by atomic mass is 16.5. The summed E-state index contributed by atoms with van der Waals surface area (Å²) in [5.74, 6) is -2.69. The van der Waals surface area contributed by atoms with Crippen molar-refractivity contribution in [3.05, 3.63) is 35.9 Å². The highest BCUT2D eigenvalue weighted by Gasteiger charge is 2.48. The maximum Gasteiger partial charge on any atom is 0.318 e. The van der Waals surface area contributed by atoms with Crippen LogP contribution in [0.3, 0.4) is 0 Å². The summed E-state index contributed by atoms with van der Waals surface area (Å²) in [6.45, 7) is 4.23. The SMILES string of the molecule is CCOC(=O)C[C@@H]1CN([C@@H](C)c2ccccc2)C(=O)[C@@H]1C(=O)OC. The number of hydrogen-bond donors (Lipinski definition) is 0. The van der Waals surface area contributed by atoms with Crippen LogP contribution in [0, 0.1) is 11.8 Å². The third kappa shape index (κ3) is 3.75. The van der Waals surface area contributed by atoms with Crippen LogP contribution in [-0.2, 0) is 23.9 Å². The van der Waals surface area contributed by atoms with Crippen molar-refractivity contribution in [1.82, 2.24) is 4.90 Å². The molecule has 0 radical (unpaired) electrons. The number of carbonyl (C=O) groups excluding carboxylic acids is 3. The number of ether oxygens (including phenoxy) is 2. The number of esters is 2. The van der Waals surface area contributed by atoms with E-state index in [1.807, 2.05) is 37.3 Å². The molecule has 1 amide bonds. The zero-order valence-electron chi connectivity index (χ0n) is 14.2. The van der Waals surface area contributed by atoms with Gasteiger partial charge in [0.05, 0.1) is 26.2 Å². The van der Waals surface area contributed by atoms with Crippen LogP contribution < -0.4 is 0 Å². The Balaban J connectivity index is 2.21. The molecule has 0 bridgehead atoms. The Kier molecular flexibility index (Phi) is 5.95. The Labute approximate surface area is 141 Å². The van der Waals surface area contributed by atoms with Crippen LogP contribution in [0.4, 0.5) is 0 Å². The normalized spacial score (nSPS) is 21.5. The molecule has 6 heteroatoms. The fourth-order valence-corrected chi connectivity index (χ4v) is 3.13. The number of rotatable bonds is 6. The molecule has 2 rings (SSSR count). The van der Waals surface area contributed by atoms with Crippen molar-refractivity contribution in [3.63, 3.8) is 0 Å². The van der Waals surface area contributed by atoms with Crippen LogP contribution in [0.15, 0.2) is 30.3 Å². The molecule has 130 valence electrons. The molecule has 3 atom stereocenters. The molecule has 1 aromatic carbocycles. The van der Waals surface area contributed by atoms with Crippen molar-refractivity contribution in [1.29, 1.82) is 0 Å². The Bertz CT molecular complexity index is 601. The average molecular weight is 333 g/mol. The summed E-state index contributed by atoms with van der Waals surface area (Å²) in [6.07, 6.45) is 0.0252. The van der Waals surface area contributed by atoms with Gasteiger partial charge in [-0.2, -0.15) is 0 Å². The first-order valence-electron chi connectivity index (χ1n) is 8.08. The van der Waals surface area contributed by atoms with Crippen LogP contribution in [0.25, 0.3) is 0 Å². The van der Waals surface area contributed by atoms with Gasteiger partial charge in [0.15, 0.2) is 0 Å². The lowest BCUT2D eigenvalue weighted by atomic mass is 9.92. The van der Waals surface area contributed by atoms with Gasteiger partial charge in [-0.15, -0.1) is 0 Å². The summed E-state index contributed by atoms with van der Waals surface area (Å²) in [4.78, 5) is 38.2. The van der Waals surface area contributed by atoms with Crippen LogP contribution in [0.1, 0.15) is 31.9 Å². The number of hydrogen-bond acceptors (Lipinski definition) is 5. The maximum atomic E-state index is 12.7. The van der Waals surface area contributed by atoms with Crippen molar-refractivity contribution in [2.75, 3.05) is 20.3 Å². The molecule has 0 aromatic heterocycles. The van der Waals surface area contributed by atoms with Gasteiger partial charge in [0.25, 0.3) is 0 Å². The smallest absolute Gasteiger partial charge is 0.318 e. The van der Waals surface area contributed by atoms with Crippen molar-refractivity contribution in [2.24, 2.45) is 11.8 Å². The number of carbonyl (C=O) groups is 3. The third-order valence-electron chi connectivity index (χ3n) is 4.39. The number of amides is 1. The summed E-state index contributed by atoms with van der Waals surface area (Å²) in [6, 6.07) is 9.40. The second-order valence-electron chi connectivity index (χ2n) is 5.85. The first kappa shape index (κ1) is 18.0. The predicted octanol–water partition coefficient (Wildman–Crippen LogP) is 1.95.